The molecular weight excluding hydrogens is 676 g/mol. The number of ether oxygens (including phenoxy) is 3. The second kappa shape index (κ2) is 17.2. The lowest BCUT2D eigenvalue weighted by Gasteiger charge is -2.40. The number of fused-ring (bicyclic) bond motifs is 1. The van der Waals surface area contributed by atoms with Gasteiger partial charge in [0.25, 0.3) is 0 Å². The summed E-state index contributed by atoms with van der Waals surface area (Å²) >= 11 is 0. The smallest absolute Gasteiger partial charge is 0.313 e. The molecule has 2 aromatic rings. The topological polar surface area (TPSA) is 138 Å². The lowest BCUT2D eigenvalue weighted by Crippen LogP contribution is -2.58. The van der Waals surface area contributed by atoms with E-state index in [1.807, 2.05) is 60.7 Å². The van der Waals surface area contributed by atoms with Crippen LogP contribution in [0.5, 0.6) is 0 Å². The van der Waals surface area contributed by atoms with Gasteiger partial charge in [-0.25, -0.2) is 0 Å². The summed E-state index contributed by atoms with van der Waals surface area (Å²) < 4.78 is 18.5. The molecule has 2 aromatic carbocycles. The molecule has 4 fully saturated rings. The van der Waals surface area contributed by atoms with E-state index in [2.05, 4.69) is 23.4 Å². The van der Waals surface area contributed by atoms with Crippen molar-refractivity contribution in [1.82, 2.24) is 20.0 Å². The van der Waals surface area contributed by atoms with Crippen molar-refractivity contribution < 1.29 is 38.5 Å². The van der Waals surface area contributed by atoms with E-state index in [-0.39, 0.29) is 24.8 Å². The summed E-state index contributed by atoms with van der Waals surface area (Å²) in [7, 11) is 0. The molecule has 4 heterocycles. The van der Waals surface area contributed by atoms with Crippen LogP contribution < -0.4 is 5.32 Å². The van der Waals surface area contributed by atoms with Crippen LogP contribution in [0, 0.1) is 11.8 Å². The average molecular weight is 729 g/mol. The molecule has 284 valence electrons. The zero-order valence-corrected chi connectivity index (χ0v) is 30.5. The minimum Gasteiger partial charge on any atom is -0.455 e. The molecule has 4 saturated heterocycles. The van der Waals surface area contributed by atoms with Crippen molar-refractivity contribution in [2.24, 2.45) is 11.8 Å². The molecule has 53 heavy (non-hydrogen) atoms. The van der Waals surface area contributed by atoms with Gasteiger partial charge in [0.15, 0.2) is 0 Å². The van der Waals surface area contributed by atoms with E-state index < -0.39 is 66.3 Å². The molecule has 6 rings (SSSR count). The van der Waals surface area contributed by atoms with Crippen molar-refractivity contribution in [2.75, 3.05) is 52.5 Å². The maximum absolute atomic E-state index is 15.0. The quantitative estimate of drug-likeness (QED) is 0.186. The molecule has 8 atom stereocenters. The van der Waals surface area contributed by atoms with Crippen molar-refractivity contribution in [3.05, 3.63) is 97.1 Å². The molecule has 0 unspecified atom stereocenters. The predicted molar refractivity (Wildman–Crippen MR) is 197 cm³/mol. The van der Waals surface area contributed by atoms with Crippen LogP contribution in [-0.4, -0.2) is 120 Å². The van der Waals surface area contributed by atoms with Crippen LogP contribution in [-0.2, 0) is 33.4 Å². The number of morpholine rings is 1. The van der Waals surface area contributed by atoms with Gasteiger partial charge in [0.05, 0.1) is 49.8 Å². The fourth-order valence-corrected chi connectivity index (χ4v) is 8.65. The molecule has 12 heteroatoms. The number of hydrogen-bond acceptors (Lipinski definition) is 9. The third-order valence-corrected chi connectivity index (χ3v) is 11.2. The Balaban J connectivity index is 1.33. The van der Waals surface area contributed by atoms with Crippen LogP contribution in [0.1, 0.15) is 55.9 Å². The van der Waals surface area contributed by atoms with Gasteiger partial charge in [-0.15, -0.1) is 13.2 Å². The van der Waals surface area contributed by atoms with Crippen molar-refractivity contribution in [1.29, 1.82) is 0 Å². The van der Waals surface area contributed by atoms with Crippen LogP contribution >= 0.6 is 0 Å². The highest BCUT2D eigenvalue weighted by molar-refractivity contribution is 5.98. The predicted octanol–water partition coefficient (Wildman–Crippen LogP) is 3.20. The molecule has 2 bridgehead atoms. The van der Waals surface area contributed by atoms with Crippen LogP contribution in [0.4, 0.5) is 0 Å². The van der Waals surface area contributed by atoms with E-state index in [1.165, 1.54) is 4.90 Å². The number of nitrogens with one attached hydrogen (secondary N) is 1. The number of nitrogens with zero attached hydrogens (tertiary/aromatic N) is 3. The summed E-state index contributed by atoms with van der Waals surface area (Å²) in [6.07, 6.45) is 3.44. The third-order valence-electron chi connectivity index (χ3n) is 11.2. The molecule has 0 saturated carbocycles. The first kappa shape index (κ1) is 38.4. The first-order chi connectivity index (χ1) is 25.7. The summed E-state index contributed by atoms with van der Waals surface area (Å²) in [5.74, 6) is -3.57. The number of amides is 3. The number of aliphatic hydroxyl groups is 1. The Labute approximate surface area is 311 Å². The molecule has 4 aliphatic rings. The van der Waals surface area contributed by atoms with Crippen molar-refractivity contribution in [3.63, 3.8) is 0 Å². The average Bonchev–Trinajstić information content (AvgIpc) is 3.83. The number of rotatable bonds is 17. The van der Waals surface area contributed by atoms with Crippen molar-refractivity contribution in [3.8, 4) is 0 Å². The van der Waals surface area contributed by atoms with Gasteiger partial charge in [-0.1, -0.05) is 72.8 Å². The minimum absolute atomic E-state index is 0.201. The number of hydrogen-bond donors (Lipinski definition) is 2. The Morgan fingerprint density at radius 1 is 1.06 bits per heavy atom. The zero-order valence-electron chi connectivity index (χ0n) is 30.5. The lowest BCUT2D eigenvalue weighted by molar-refractivity contribution is -0.162. The van der Waals surface area contributed by atoms with Gasteiger partial charge in [-0.05, 0) is 37.3 Å². The first-order valence-electron chi connectivity index (χ1n) is 18.7. The molecular formula is C41H52N4O8. The van der Waals surface area contributed by atoms with Crippen LogP contribution in [0.25, 0.3) is 0 Å². The van der Waals surface area contributed by atoms with E-state index >= 15 is 0 Å². The third kappa shape index (κ3) is 7.82. The monoisotopic (exact) mass is 728 g/mol. The van der Waals surface area contributed by atoms with Crippen LogP contribution in [0.3, 0.4) is 0 Å². The van der Waals surface area contributed by atoms with Gasteiger partial charge < -0.3 is 34.4 Å². The maximum atomic E-state index is 15.0. The van der Waals surface area contributed by atoms with Gasteiger partial charge in [0, 0.05) is 39.1 Å². The van der Waals surface area contributed by atoms with E-state index in [0.717, 1.165) is 13.1 Å². The Hall–Kier alpha value is -4.36. The van der Waals surface area contributed by atoms with Crippen molar-refractivity contribution >= 4 is 23.7 Å². The Morgan fingerprint density at radius 3 is 2.38 bits per heavy atom. The van der Waals surface area contributed by atoms with Gasteiger partial charge >= 0.3 is 5.97 Å². The van der Waals surface area contributed by atoms with Crippen LogP contribution in [0.15, 0.2) is 86.0 Å². The van der Waals surface area contributed by atoms with Gasteiger partial charge in [0.2, 0.25) is 17.7 Å². The number of allylic oxidation sites excluding steroid dienone is 1. The normalized spacial score (nSPS) is 26.7. The standard InChI is InChI=1S/C41H52N4O8/c1-4-6-17-33(47)42-28(3)36(30-15-11-8-12-16-30)52-40(50)34-32-18-19-41(53-32)35(34)38(48)45(31(27-46)29-13-9-7-10-14-29)37(41)39(49)44(20-5-2)22-21-43-23-25-51-26-24-43/h4-5,7-16,28,31-32,34-37,46H,1-2,6,17-27H2,3H3,(H,42,47)/t28-,31+,32-,34+,35+,36-,37-,41+/m0/s1. The number of likely N-dealkylation sites (tertiary alicyclic amines) is 1. The molecule has 3 amide bonds. The molecule has 12 nitrogen and oxygen atoms in total. The summed E-state index contributed by atoms with van der Waals surface area (Å²) in [5.41, 5.74) is 0.0452. The highest BCUT2D eigenvalue weighted by Crippen LogP contribution is 2.60. The number of carbonyl (C=O) groups is 4. The Morgan fingerprint density at radius 2 is 1.74 bits per heavy atom. The second-order valence-electron chi connectivity index (χ2n) is 14.4. The maximum Gasteiger partial charge on any atom is 0.313 e. The summed E-state index contributed by atoms with van der Waals surface area (Å²) in [6, 6.07) is 15.8. The Kier molecular flexibility index (Phi) is 12.4. The molecule has 2 N–H and O–H groups in total. The minimum atomic E-state index is -1.31. The number of benzene rings is 2. The summed E-state index contributed by atoms with van der Waals surface area (Å²) in [5, 5.41) is 13.8. The summed E-state index contributed by atoms with van der Waals surface area (Å²) in [6.45, 7) is 13.0. The van der Waals surface area contributed by atoms with E-state index in [4.69, 9.17) is 14.2 Å². The van der Waals surface area contributed by atoms with E-state index in [9.17, 15) is 24.3 Å². The fourth-order valence-electron chi connectivity index (χ4n) is 8.65. The number of esters is 1. The molecule has 1 spiro atoms. The zero-order chi connectivity index (χ0) is 37.5. The first-order valence-corrected chi connectivity index (χ1v) is 18.7. The lowest BCUT2D eigenvalue weighted by atomic mass is 9.70. The SMILES string of the molecule is C=CCCC(=O)N[C@@H](C)[C@H](OC(=O)[C@@H]1[C@@H]2CC[C@]3(O2)[C@H](C(=O)N(CC=C)CCN2CCOCC2)N([C@H](CO)c2ccccc2)C(=O)[C@@H]13)c1ccccc1. The molecule has 0 aliphatic carbocycles. The molecule has 0 aromatic heterocycles. The highest BCUT2D eigenvalue weighted by Gasteiger charge is 2.76. The largest absolute Gasteiger partial charge is 0.455 e. The Bertz CT molecular complexity index is 1620. The molecule has 4 aliphatic heterocycles. The van der Waals surface area contributed by atoms with E-state index in [1.54, 1.807) is 24.0 Å². The summed E-state index contributed by atoms with van der Waals surface area (Å²) in [4.78, 5) is 62.6. The fraction of sp³-hybridized carbons (Fsp3) is 0.512. The molecule has 0 radical (unpaired) electrons. The second-order valence-corrected chi connectivity index (χ2v) is 14.4. The van der Waals surface area contributed by atoms with Crippen LogP contribution in [0.2, 0.25) is 0 Å². The number of aliphatic hydroxyl groups excluding tert-OH is 1. The van der Waals surface area contributed by atoms with Gasteiger partial charge in [-0.3, -0.25) is 24.1 Å². The van der Waals surface area contributed by atoms with Gasteiger partial charge in [0.1, 0.15) is 17.7 Å². The van der Waals surface area contributed by atoms with Gasteiger partial charge in [-0.2, -0.15) is 0 Å². The highest BCUT2D eigenvalue weighted by atomic mass is 16.6. The van der Waals surface area contributed by atoms with Crippen molar-refractivity contribution in [2.45, 2.75) is 68.5 Å². The van der Waals surface area contributed by atoms with E-state index in [0.29, 0.717) is 56.7 Å². The number of carbonyl (C=O) groups excluding carboxylic acids is 4.